The number of benzene rings is 1. The summed E-state index contributed by atoms with van der Waals surface area (Å²) in [6.45, 7) is 17.5. The average molecular weight is 445 g/mol. The SMILES string of the molecule is CC(=O)OCC(C)(C)CN1CC2CCN(C(=O)OC(C)(C)C)C(c3ccccc3C)C2C1. The van der Waals surface area contributed by atoms with Gasteiger partial charge in [-0.1, -0.05) is 38.1 Å². The second-order valence-electron chi connectivity index (χ2n) is 11.3. The third kappa shape index (κ3) is 6.03. The van der Waals surface area contributed by atoms with E-state index in [1.54, 1.807) is 0 Å². The number of aryl methyl sites for hydroxylation is 1. The first kappa shape index (κ1) is 24.6. The van der Waals surface area contributed by atoms with Crippen LogP contribution in [-0.4, -0.2) is 60.2 Å². The molecule has 32 heavy (non-hydrogen) atoms. The molecule has 0 aromatic heterocycles. The second kappa shape index (κ2) is 9.42. The number of fused-ring (bicyclic) bond motifs is 1. The number of likely N-dealkylation sites (tertiary alicyclic amines) is 2. The summed E-state index contributed by atoms with van der Waals surface area (Å²) in [5.74, 6) is 0.644. The summed E-state index contributed by atoms with van der Waals surface area (Å²) < 4.78 is 11.1. The molecule has 2 aliphatic rings. The molecule has 3 unspecified atom stereocenters. The predicted molar refractivity (Wildman–Crippen MR) is 125 cm³/mol. The normalized spacial score (nSPS) is 24.2. The monoisotopic (exact) mass is 444 g/mol. The number of carbonyl (C=O) groups excluding carboxylic acids is 2. The van der Waals surface area contributed by atoms with E-state index in [9.17, 15) is 9.59 Å². The summed E-state index contributed by atoms with van der Waals surface area (Å²) in [6, 6.07) is 8.41. The minimum atomic E-state index is -0.521. The van der Waals surface area contributed by atoms with Gasteiger partial charge in [-0.3, -0.25) is 4.79 Å². The number of piperidine rings is 1. The smallest absolute Gasteiger partial charge is 0.410 e. The molecule has 1 amide bonds. The van der Waals surface area contributed by atoms with Crippen molar-refractivity contribution < 1.29 is 19.1 Å². The molecule has 0 aliphatic carbocycles. The zero-order valence-electron chi connectivity index (χ0n) is 20.8. The largest absolute Gasteiger partial charge is 0.465 e. The molecule has 2 fully saturated rings. The Morgan fingerprint density at radius 1 is 1.09 bits per heavy atom. The van der Waals surface area contributed by atoms with Crippen molar-refractivity contribution in [2.24, 2.45) is 17.3 Å². The van der Waals surface area contributed by atoms with E-state index in [4.69, 9.17) is 9.47 Å². The summed E-state index contributed by atoms with van der Waals surface area (Å²) in [4.78, 5) is 28.9. The molecule has 6 nitrogen and oxygen atoms in total. The van der Waals surface area contributed by atoms with E-state index in [2.05, 4.69) is 49.9 Å². The van der Waals surface area contributed by atoms with Crippen molar-refractivity contribution in [3.8, 4) is 0 Å². The van der Waals surface area contributed by atoms with E-state index in [0.29, 0.717) is 25.0 Å². The van der Waals surface area contributed by atoms with E-state index in [0.717, 1.165) is 26.1 Å². The van der Waals surface area contributed by atoms with Crippen LogP contribution in [0.2, 0.25) is 0 Å². The number of ether oxygens (including phenoxy) is 2. The summed E-state index contributed by atoms with van der Waals surface area (Å²) in [5.41, 5.74) is 1.78. The number of rotatable bonds is 5. The first-order chi connectivity index (χ1) is 14.9. The molecule has 3 rings (SSSR count). The van der Waals surface area contributed by atoms with Crippen molar-refractivity contribution in [3.63, 3.8) is 0 Å². The lowest BCUT2D eigenvalue weighted by atomic mass is 9.78. The van der Waals surface area contributed by atoms with Gasteiger partial charge in [0.1, 0.15) is 5.60 Å². The van der Waals surface area contributed by atoms with Crippen LogP contribution in [0.25, 0.3) is 0 Å². The number of hydrogen-bond donors (Lipinski definition) is 0. The molecule has 0 bridgehead atoms. The van der Waals surface area contributed by atoms with Crippen molar-refractivity contribution >= 4 is 12.1 Å². The van der Waals surface area contributed by atoms with Crippen LogP contribution >= 0.6 is 0 Å². The van der Waals surface area contributed by atoms with Crippen LogP contribution in [0, 0.1) is 24.2 Å². The molecule has 1 aromatic rings. The average Bonchev–Trinajstić information content (AvgIpc) is 3.06. The maximum atomic E-state index is 13.2. The molecule has 2 saturated heterocycles. The van der Waals surface area contributed by atoms with Crippen LogP contribution in [0.5, 0.6) is 0 Å². The third-order valence-corrected chi connectivity index (χ3v) is 6.50. The number of esters is 1. The van der Waals surface area contributed by atoms with Crippen LogP contribution < -0.4 is 0 Å². The fourth-order valence-corrected chi connectivity index (χ4v) is 5.25. The quantitative estimate of drug-likeness (QED) is 0.610. The van der Waals surface area contributed by atoms with Gasteiger partial charge in [0.05, 0.1) is 12.6 Å². The van der Waals surface area contributed by atoms with Crippen LogP contribution in [0.3, 0.4) is 0 Å². The fraction of sp³-hybridized carbons (Fsp3) is 0.692. The van der Waals surface area contributed by atoms with Crippen LogP contribution in [0.1, 0.15) is 65.1 Å². The van der Waals surface area contributed by atoms with Crippen molar-refractivity contribution in [3.05, 3.63) is 35.4 Å². The summed E-state index contributed by atoms with van der Waals surface area (Å²) >= 11 is 0. The molecule has 2 heterocycles. The minimum Gasteiger partial charge on any atom is -0.465 e. The van der Waals surface area contributed by atoms with Gasteiger partial charge in [0.2, 0.25) is 0 Å². The van der Waals surface area contributed by atoms with Gasteiger partial charge in [0, 0.05) is 44.4 Å². The van der Waals surface area contributed by atoms with E-state index >= 15 is 0 Å². The Bertz CT molecular complexity index is 829. The third-order valence-electron chi connectivity index (χ3n) is 6.50. The highest BCUT2D eigenvalue weighted by molar-refractivity contribution is 5.69. The standard InChI is InChI=1S/C26H40N2O4/c1-18-10-8-9-11-21(18)23-22-15-27(16-26(6,7)17-31-19(2)29)14-20(22)12-13-28(23)24(30)32-25(3,4)5/h8-11,20,22-23H,12-17H2,1-7H3. The van der Waals surface area contributed by atoms with E-state index in [1.807, 2.05) is 25.7 Å². The zero-order valence-corrected chi connectivity index (χ0v) is 20.8. The maximum Gasteiger partial charge on any atom is 0.410 e. The van der Waals surface area contributed by atoms with Gasteiger partial charge in [-0.2, -0.15) is 0 Å². The summed E-state index contributed by atoms with van der Waals surface area (Å²) in [5, 5.41) is 0. The van der Waals surface area contributed by atoms with Gasteiger partial charge in [-0.05, 0) is 51.2 Å². The van der Waals surface area contributed by atoms with Gasteiger partial charge in [0.25, 0.3) is 0 Å². The lowest BCUT2D eigenvalue weighted by Crippen LogP contribution is -2.48. The fourth-order valence-electron chi connectivity index (χ4n) is 5.25. The predicted octanol–water partition coefficient (Wildman–Crippen LogP) is 4.81. The molecule has 0 saturated carbocycles. The number of carbonyl (C=O) groups is 2. The summed E-state index contributed by atoms with van der Waals surface area (Å²) in [7, 11) is 0. The highest BCUT2D eigenvalue weighted by Crippen LogP contribution is 2.45. The van der Waals surface area contributed by atoms with Gasteiger partial charge < -0.3 is 19.3 Å². The van der Waals surface area contributed by atoms with Crippen molar-refractivity contribution in [1.82, 2.24) is 9.80 Å². The molecule has 0 N–H and O–H groups in total. The molecular formula is C26H40N2O4. The highest BCUT2D eigenvalue weighted by atomic mass is 16.6. The Balaban J connectivity index is 1.83. The van der Waals surface area contributed by atoms with Crippen molar-refractivity contribution in [2.75, 3.05) is 32.8 Å². The van der Waals surface area contributed by atoms with E-state index < -0.39 is 5.60 Å². The van der Waals surface area contributed by atoms with Crippen LogP contribution in [0.15, 0.2) is 24.3 Å². The number of amides is 1. The lowest BCUT2D eigenvalue weighted by Gasteiger charge is -2.43. The minimum absolute atomic E-state index is 0.00591. The second-order valence-corrected chi connectivity index (χ2v) is 11.3. The van der Waals surface area contributed by atoms with E-state index in [1.165, 1.54) is 18.1 Å². The maximum absolute atomic E-state index is 13.2. The Morgan fingerprint density at radius 3 is 2.41 bits per heavy atom. The molecule has 1 aromatic carbocycles. The van der Waals surface area contributed by atoms with Gasteiger partial charge in [-0.25, -0.2) is 4.79 Å². The summed E-state index contributed by atoms with van der Waals surface area (Å²) in [6.07, 6.45) is 0.755. The number of hydrogen-bond acceptors (Lipinski definition) is 5. The van der Waals surface area contributed by atoms with Gasteiger partial charge >= 0.3 is 12.1 Å². The zero-order chi connectivity index (χ0) is 23.7. The molecule has 6 heteroatoms. The Kier molecular flexibility index (Phi) is 7.23. The molecular weight excluding hydrogens is 404 g/mol. The Hall–Kier alpha value is -2.08. The first-order valence-electron chi connectivity index (χ1n) is 11.8. The Labute approximate surface area is 193 Å². The number of nitrogens with zero attached hydrogens (tertiary/aromatic N) is 2. The van der Waals surface area contributed by atoms with Crippen molar-refractivity contribution in [2.45, 2.75) is 66.5 Å². The lowest BCUT2D eigenvalue weighted by molar-refractivity contribution is -0.144. The molecule has 0 spiro atoms. The molecule has 3 atom stereocenters. The first-order valence-corrected chi connectivity index (χ1v) is 11.8. The van der Waals surface area contributed by atoms with Crippen LogP contribution in [-0.2, 0) is 14.3 Å². The molecule has 178 valence electrons. The topological polar surface area (TPSA) is 59.1 Å². The highest BCUT2D eigenvalue weighted by Gasteiger charge is 2.47. The molecule has 0 radical (unpaired) electrons. The van der Waals surface area contributed by atoms with Crippen LogP contribution in [0.4, 0.5) is 4.79 Å². The van der Waals surface area contributed by atoms with Gasteiger partial charge in [-0.15, -0.1) is 0 Å². The molecule has 2 aliphatic heterocycles. The van der Waals surface area contributed by atoms with Gasteiger partial charge in [0.15, 0.2) is 0 Å². The Morgan fingerprint density at radius 2 is 1.78 bits per heavy atom. The van der Waals surface area contributed by atoms with E-state index in [-0.39, 0.29) is 23.5 Å². The van der Waals surface area contributed by atoms with Crippen molar-refractivity contribution in [1.29, 1.82) is 0 Å².